The maximum absolute atomic E-state index is 11.0. The first-order valence-electron chi connectivity index (χ1n) is 14.1. The number of ether oxygens (including phenoxy) is 7. The van der Waals surface area contributed by atoms with Crippen LogP contribution in [-0.2, 0) is 33.2 Å². The topological polar surface area (TPSA) is 348 Å². The van der Waals surface area contributed by atoms with E-state index < -0.39 is 149 Å². The summed E-state index contributed by atoms with van der Waals surface area (Å²) in [6, 6.07) is 0. The Labute approximate surface area is 254 Å². The van der Waals surface area contributed by atoms with Crippen molar-refractivity contribution in [2.45, 2.75) is 123 Å². The summed E-state index contributed by atoms with van der Waals surface area (Å²) in [5.41, 5.74) is 0. The minimum atomic E-state index is -2.02. The van der Waals surface area contributed by atoms with Gasteiger partial charge < -0.3 is 105 Å². The molecule has 21 nitrogen and oxygen atoms in total. The van der Waals surface area contributed by atoms with E-state index in [0.717, 1.165) is 0 Å². The Balaban J connectivity index is 1.48. The Morgan fingerprint density at radius 3 is 1.22 bits per heavy atom. The van der Waals surface area contributed by atoms with Gasteiger partial charge in [-0.15, -0.1) is 0 Å². The molecule has 0 aromatic carbocycles. The highest BCUT2D eigenvalue weighted by molar-refractivity contribution is 4.97. The number of hydrogen-bond acceptors (Lipinski definition) is 21. The van der Waals surface area contributed by atoms with E-state index in [1.54, 1.807) is 0 Å². The van der Waals surface area contributed by atoms with Crippen LogP contribution in [0.25, 0.3) is 0 Å². The summed E-state index contributed by atoms with van der Waals surface area (Å²) in [6.45, 7) is -3.41. The Morgan fingerprint density at radius 1 is 0.333 bits per heavy atom. The van der Waals surface area contributed by atoms with E-state index in [1.165, 1.54) is 0 Å². The number of rotatable bonds is 10. The first-order valence-corrected chi connectivity index (χ1v) is 14.1. The molecule has 0 aromatic rings. The number of hydrogen-bond donors (Lipinski definition) is 14. The van der Waals surface area contributed by atoms with Crippen molar-refractivity contribution in [3.63, 3.8) is 0 Å². The van der Waals surface area contributed by atoms with Gasteiger partial charge in [-0.05, 0) is 0 Å². The molecule has 0 spiro atoms. The van der Waals surface area contributed by atoms with E-state index in [0.29, 0.717) is 0 Å². The molecule has 0 aromatic heterocycles. The van der Waals surface area contributed by atoms with Crippen LogP contribution in [0.5, 0.6) is 0 Å². The average Bonchev–Trinajstić information content (AvgIpc) is 3.03. The zero-order chi connectivity index (χ0) is 33.3. The molecule has 21 heteroatoms. The lowest BCUT2D eigenvalue weighted by atomic mass is 9.95. The summed E-state index contributed by atoms with van der Waals surface area (Å²) < 4.78 is 37.7. The molecule has 20 atom stereocenters. The third-order valence-electron chi connectivity index (χ3n) is 8.20. The third kappa shape index (κ3) is 7.44. The summed E-state index contributed by atoms with van der Waals surface area (Å²) in [5.74, 6) is 0. The van der Waals surface area contributed by atoms with Crippen LogP contribution in [0.4, 0.5) is 0 Å². The standard InChI is InChI=1S/C24H42O21/c25-1-5-9(29)11(31)15(35)22(40-5)45-20-10(30)6(2-26)41-24(17(20)37)44-19-8(4-28)42-23(16(36)13(19)33)43-18-7(3-27)39-21(38)14(34)12(18)32/h5-38H,1-4H2/t5-,6-,7-,8-,9-,10-,11+,12-,13-,14-,15-,16-,17-,18-,19-,20+,21?,22-,23-,24-/m1/s1. The van der Waals surface area contributed by atoms with Gasteiger partial charge in [0.15, 0.2) is 25.2 Å². The second kappa shape index (κ2) is 15.6. The number of aliphatic hydroxyl groups excluding tert-OH is 14. The molecule has 4 fully saturated rings. The molecule has 4 aliphatic rings. The van der Waals surface area contributed by atoms with E-state index in [-0.39, 0.29) is 0 Å². The highest BCUT2D eigenvalue weighted by Gasteiger charge is 2.55. The van der Waals surface area contributed by atoms with E-state index in [4.69, 9.17) is 33.2 Å². The zero-order valence-corrected chi connectivity index (χ0v) is 23.5. The second-order valence-corrected chi connectivity index (χ2v) is 11.1. The summed E-state index contributed by atoms with van der Waals surface area (Å²) in [6.07, 6.45) is -35.6. The van der Waals surface area contributed by atoms with Crippen LogP contribution in [0.1, 0.15) is 0 Å². The SMILES string of the molecule is OC[C@H]1O[C@H](O[C@@H]2[C@@H](O)[C@@H](O[C@H]3[C@H](O)[C@@H](O)[C@@H](O[C@H]4[C@H](O)[C@@H](O)C(O)O[C@@H]4CO)O[C@@H]3CO)O[C@H](CO)[C@H]2O)[C@H](O)[C@@H](O)[C@@H]1O. The fourth-order valence-corrected chi connectivity index (χ4v) is 5.54. The molecular weight excluding hydrogens is 624 g/mol. The lowest BCUT2D eigenvalue weighted by molar-refractivity contribution is -0.388. The van der Waals surface area contributed by atoms with Crippen LogP contribution < -0.4 is 0 Å². The maximum Gasteiger partial charge on any atom is 0.187 e. The Kier molecular flexibility index (Phi) is 12.8. The van der Waals surface area contributed by atoms with Crippen LogP contribution >= 0.6 is 0 Å². The van der Waals surface area contributed by atoms with Gasteiger partial charge in [0.25, 0.3) is 0 Å². The zero-order valence-electron chi connectivity index (χ0n) is 23.5. The van der Waals surface area contributed by atoms with Gasteiger partial charge in [-0.1, -0.05) is 0 Å². The van der Waals surface area contributed by atoms with Crippen molar-refractivity contribution in [2.24, 2.45) is 0 Å². The Hall–Kier alpha value is -0.840. The Morgan fingerprint density at radius 2 is 0.711 bits per heavy atom. The average molecular weight is 667 g/mol. The first-order chi connectivity index (χ1) is 21.3. The highest BCUT2D eigenvalue weighted by atomic mass is 16.8. The van der Waals surface area contributed by atoms with Gasteiger partial charge in [0, 0.05) is 0 Å². The molecule has 4 rings (SSSR count). The summed E-state index contributed by atoms with van der Waals surface area (Å²) >= 11 is 0. The van der Waals surface area contributed by atoms with E-state index in [1.807, 2.05) is 0 Å². The van der Waals surface area contributed by atoms with Gasteiger partial charge >= 0.3 is 0 Å². The fraction of sp³-hybridized carbons (Fsp3) is 1.00. The molecule has 4 heterocycles. The monoisotopic (exact) mass is 666 g/mol. The van der Waals surface area contributed by atoms with Crippen molar-refractivity contribution in [1.82, 2.24) is 0 Å². The van der Waals surface area contributed by atoms with Crippen LogP contribution in [0.3, 0.4) is 0 Å². The van der Waals surface area contributed by atoms with Gasteiger partial charge in [0.1, 0.15) is 97.7 Å². The van der Waals surface area contributed by atoms with E-state index in [2.05, 4.69) is 0 Å². The molecule has 0 aliphatic carbocycles. The van der Waals surface area contributed by atoms with Gasteiger partial charge in [-0.2, -0.15) is 0 Å². The second-order valence-electron chi connectivity index (χ2n) is 11.1. The maximum atomic E-state index is 11.0. The van der Waals surface area contributed by atoms with Gasteiger partial charge in [-0.3, -0.25) is 0 Å². The third-order valence-corrected chi connectivity index (χ3v) is 8.20. The predicted molar refractivity (Wildman–Crippen MR) is 134 cm³/mol. The van der Waals surface area contributed by atoms with Crippen LogP contribution in [0.2, 0.25) is 0 Å². The van der Waals surface area contributed by atoms with Gasteiger partial charge in [0.05, 0.1) is 26.4 Å². The molecule has 0 saturated carbocycles. The predicted octanol–water partition coefficient (Wildman–Crippen LogP) is -9.75. The van der Waals surface area contributed by atoms with Gasteiger partial charge in [-0.25, -0.2) is 0 Å². The summed E-state index contributed by atoms with van der Waals surface area (Å²) in [7, 11) is 0. The van der Waals surface area contributed by atoms with Crippen molar-refractivity contribution in [1.29, 1.82) is 0 Å². The highest BCUT2D eigenvalue weighted by Crippen LogP contribution is 2.34. The largest absolute Gasteiger partial charge is 0.394 e. The van der Waals surface area contributed by atoms with E-state index in [9.17, 15) is 71.5 Å². The molecular formula is C24H42O21. The first kappa shape index (κ1) is 37.0. The van der Waals surface area contributed by atoms with Crippen molar-refractivity contribution >= 4 is 0 Å². The van der Waals surface area contributed by atoms with Crippen LogP contribution in [0, 0.1) is 0 Å². The van der Waals surface area contributed by atoms with Crippen LogP contribution in [0.15, 0.2) is 0 Å². The van der Waals surface area contributed by atoms with Crippen molar-refractivity contribution < 1.29 is 105 Å². The molecule has 4 aliphatic heterocycles. The van der Waals surface area contributed by atoms with Gasteiger partial charge in [0.2, 0.25) is 0 Å². The van der Waals surface area contributed by atoms with Crippen molar-refractivity contribution in [3.05, 3.63) is 0 Å². The van der Waals surface area contributed by atoms with Crippen LogP contribution in [-0.4, -0.2) is 221 Å². The molecule has 264 valence electrons. The smallest absolute Gasteiger partial charge is 0.187 e. The fourth-order valence-electron chi connectivity index (χ4n) is 5.54. The molecule has 14 N–H and O–H groups in total. The molecule has 1 unspecified atom stereocenters. The molecule has 0 amide bonds. The normalized spacial score (nSPS) is 52.9. The minimum Gasteiger partial charge on any atom is -0.394 e. The number of aliphatic hydroxyl groups is 14. The molecule has 0 radical (unpaired) electrons. The summed E-state index contributed by atoms with van der Waals surface area (Å²) in [4.78, 5) is 0. The molecule has 45 heavy (non-hydrogen) atoms. The molecule has 0 bridgehead atoms. The summed E-state index contributed by atoms with van der Waals surface area (Å²) in [5, 5.41) is 142. The van der Waals surface area contributed by atoms with Crippen molar-refractivity contribution in [2.75, 3.05) is 26.4 Å². The minimum absolute atomic E-state index is 0.806. The lowest BCUT2D eigenvalue weighted by Gasteiger charge is -2.49. The molecule has 4 saturated heterocycles. The van der Waals surface area contributed by atoms with Crippen molar-refractivity contribution in [3.8, 4) is 0 Å². The van der Waals surface area contributed by atoms with E-state index >= 15 is 0 Å². The Bertz CT molecular complexity index is 912. The lowest BCUT2D eigenvalue weighted by Crippen LogP contribution is -2.67. The quantitative estimate of drug-likeness (QED) is 0.103.